The molecule has 1 saturated carbocycles. The molecule has 4 heteroatoms. The zero-order valence-electron chi connectivity index (χ0n) is 12.8. The number of ether oxygens (including phenoxy) is 1. The molecule has 0 heterocycles. The number of aliphatic hydroxyl groups is 1. The molecule has 0 radical (unpaired) electrons. The zero-order chi connectivity index (χ0) is 15.2. The van der Waals surface area contributed by atoms with Gasteiger partial charge >= 0.3 is 0 Å². The maximum absolute atomic E-state index is 12.1. The van der Waals surface area contributed by atoms with Gasteiger partial charge in [-0.05, 0) is 32.8 Å². The Balaban J connectivity index is 1.87. The molecule has 0 aromatic heterocycles. The van der Waals surface area contributed by atoms with Crippen LogP contribution in [0.15, 0.2) is 24.3 Å². The number of carbonyl (C=O) groups excluding carboxylic acids is 1. The second kappa shape index (κ2) is 7.46. The molecule has 1 aliphatic rings. The lowest BCUT2D eigenvalue weighted by Gasteiger charge is -2.16. The fraction of sp³-hybridized carbons (Fsp3) is 0.588. The van der Waals surface area contributed by atoms with Gasteiger partial charge in [0.05, 0.1) is 18.6 Å². The summed E-state index contributed by atoms with van der Waals surface area (Å²) in [6, 6.07) is 7.63. The summed E-state index contributed by atoms with van der Waals surface area (Å²) in [5, 5.41) is 12.7. The van der Waals surface area contributed by atoms with Gasteiger partial charge in [0.25, 0.3) is 0 Å². The molecule has 1 aromatic carbocycles. The van der Waals surface area contributed by atoms with E-state index in [1.165, 1.54) is 0 Å². The van der Waals surface area contributed by atoms with E-state index in [2.05, 4.69) is 5.32 Å². The van der Waals surface area contributed by atoms with Gasteiger partial charge in [-0.1, -0.05) is 24.6 Å². The molecular weight excluding hydrogens is 266 g/mol. The number of benzene rings is 1. The van der Waals surface area contributed by atoms with Gasteiger partial charge in [0, 0.05) is 18.0 Å². The standard InChI is InChI=1S/C17H25NO3/c1-12(2)21-16-9-4-3-6-13(16)10-17(20)18-11-14-7-5-8-15(14)19/h3-4,6,9,12,14-15,19H,5,7-8,10-11H2,1-2H3,(H,18,20). The summed E-state index contributed by atoms with van der Waals surface area (Å²) in [4.78, 5) is 12.1. The molecule has 2 atom stereocenters. The summed E-state index contributed by atoms with van der Waals surface area (Å²) in [6.07, 6.45) is 3.03. The Hall–Kier alpha value is -1.55. The van der Waals surface area contributed by atoms with Crippen molar-refractivity contribution in [1.82, 2.24) is 5.32 Å². The molecular formula is C17H25NO3. The first-order valence-corrected chi connectivity index (χ1v) is 7.75. The molecule has 2 unspecified atom stereocenters. The highest BCUT2D eigenvalue weighted by Gasteiger charge is 2.25. The monoisotopic (exact) mass is 291 g/mol. The Bertz CT molecular complexity index is 473. The Morgan fingerprint density at radius 3 is 2.81 bits per heavy atom. The number of hydrogen-bond acceptors (Lipinski definition) is 3. The molecule has 0 aliphatic heterocycles. The van der Waals surface area contributed by atoms with E-state index in [-0.39, 0.29) is 24.0 Å². The molecule has 0 bridgehead atoms. The molecule has 21 heavy (non-hydrogen) atoms. The normalized spacial score (nSPS) is 21.5. The highest BCUT2D eigenvalue weighted by atomic mass is 16.5. The van der Waals surface area contributed by atoms with E-state index < -0.39 is 0 Å². The predicted molar refractivity (Wildman–Crippen MR) is 82.3 cm³/mol. The van der Waals surface area contributed by atoms with Crippen molar-refractivity contribution in [3.8, 4) is 5.75 Å². The van der Waals surface area contributed by atoms with Crippen LogP contribution in [0.5, 0.6) is 5.75 Å². The number of para-hydroxylation sites is 1. The first kappa shape index (κ1) is 15.8. The van der Waals surface area contributed by atoms with Gasteiger partial charge in [0.1, 0.15) is 5.75 Å². The molecule has 1 amide bonds. The van der Waals surface area contributed by atoms with Crippen LogP contribution in [0, 0.1) is 5.92 Å². The zero-order valence-corrected chi connectivity index (χ0v) is 12.8. The number of amides is 1. The minimum Gasteiger partial charge on any atom is -0.491 e. The van der Waals surface area contributed by atoms with Crippen molar-refractivity contribution < 1.29 is 14.6 Å². The Morgan fingerprint density at radius 1 is 1.38 bits per heavy atom. The van der Waals surface area contributed by atoms with Gasteiger partial charge in [0.2, 0.25) is 5.91 Å². The van der Waals surface area contributed by atoms with Gasteiger partial charge in [0.15, 0.2) is 0 Å². The second-order valence-corrected chi connectivity index (χ2v) is 6.01. The van der Waals surface area contributed by atoms with Crippen molar-refractivity contribution in [3.05, 3.63) is 29.8 Å². The third-order valence-electron chi connectivity index (χ3n) is 3.87. The van der Waals surface area contributed by atoms with E-state index in [4.69, 9.17) is 4.74 Å². The van der Waals surface area contributed by atoms with Gasteiger partial charge < -0.3 is 15.2 Å². The summed E-state index contributed by atoms with van der Waals surface area (Å²) in [6.45, 7) is 4.50. The third kappa shape index (κ3) is 4.74. The number of rotatable bonds is 6. The fourth-order valence-electron chi connectivity index (χ4n) is 2.75. The average Bonchev–Trinajstić information content (AvgIpc) is 2.84. The molecule has 0 spiro atoms. The van der Waals surface area contributed by atoms with Crippen LogP contribution in [0.2, 0.25) is 0 Å². The molecule has 1 aromatic rings. The van der Waals surface area contributed by atoms with Crippen LogP contribution in [-0.2, 0) is 11.2 Å². The Morgan fingerprint density at radius 2 is 2.14 bits per heavy atom. The van der Waals surface area contributed by atoms with Crippen LogP contribution in [0.1, 0.15) is 38.7 Å². The van der Waals surface area contributed by atoms with Crippen molar-refractivity contribution in [2.75, 3.05) is 6.54 Å². The summed E-state index contributed by atoms with van der Waals surface area (Å²) in [5.74, 6) is 0.952. The second-order valence-electron chi connectivity index (χ2n) is 6.01. The van der Waals surface area contributed by atoms with Gasteiger partial charge in [-0.15, -0.1) is 0 Å². The lowest BCUT2D eigenvalue weighted by molar-refractivity contribution is -0.120. The smallest absolute Gasteiger partial charge is 0.224 e. The van der Waals surface area contributed by atoms with Gasteiger partial charge in [-0.3, -0.25) is 4.79 Å². The van der Waals surface area contributed by atoms with Gasteiger partial charge in [-0.2, -0.15) is 0 Å². The molecule has 1 fully saturated rings. The maximum Gasteiger partial charge on any atom is 0.224 e. The van der Waals surface area contributed by atoms with Crippen molar-refractivity contribution >= 4 is 5.91 Å². The minimum absolute atomic E-state index is 0.0195. The maximum atomic E-state index is 12.1. The molecule has 2 rings (SSSR count). The Kier molecular flexibility index (Phi) is 5.62. The quantitative estimate of drug-likeness (QED) is 0.845. The van der Waals surface area contributed by atoms with Crippen LogP contribution >= 0.6 is 0 Å². The highest BCUT2D eigenvalue weighted by Crippen LogP contribution is 2.25. The number of nitrogens with one attached hydrogen (secondary N) is 1. The molecule has 116 valence electrons. The Labute approximate surface area is 126 Å². The van der Waals surface area contributed by atoms with E-state index in [1.807, 2.05) is 38.1 Å². The topological polar surface area (TPSA) is 58.6 Å². The third-order valence-corrected chi connectivity index (χ3v) is 3.87. The predicted octanol–water partition coefficient (Wildman–Crippen LogP) is 2.29. The van der Waals surface area contributed by atoms with E-state index in [1.54, 1.807) is 0 Å². The number of aliphatic hydroxyl groups excluding tert-OH is 1. The van der Waals surface area contributed by atoms with Gasteiger partial charge in [-0.25, -0.2) is 0 Å². The number of hydrogen-bond donors (Lipinski definition) is 2. The lowest BCUT2D eigenvalue weighted by atomic mass is 10.1. The van der Waals surface area contributed by atoms with Crippen LogP contribution < -0.4 is 10.1 Å². The van der Waals surface area contributed by atoms with E-state index in [9.17, 15) is 9.90 Å². The molecule has 4 nitrogen and oxygen atoms in total. The fourth-order valence-corrected chi connectivity index (χ4v) is 2.75. The van der Waals surface area contributed by atoms with E-state index >= 15 is 0 Å². The summed E-state index contributed by atoms with van der Waals surface area (Å²) < 4.78 is 5.72. The molecule has 0 saturated heterocycles. The summed E-state index contributed by atoms with van der Waals surface area (Å²) in [5.41, 5.74) is 0.899. The number of carbonyl (C=O) groups is 1. The van der Waals surface area contributed by atoms with Crippen LogP contribution in [0.25, 0.3) is 0 Å². The van der Waals surface area contributed by atoms with Crippen molar-refractivity contribution in [1.29, 1.82) is 0 Å². The van der Waals surface area contributed by atoms with Crippen molar-refractivity contribution in [3.63, 3.8) is 0 Å². The van der Waals surface area contributed by atoms with E-state index in [0.29, 0.717) is 13.0 Å². The SMILES string of the molecule is CC(C)Oc1ccccc1CC(=O)NCC1CCCC1O. The van der Waals surface area contributed by atoms with Crippen LogP contribution in [0.4, 0.5) is 0 Å². The van der Waals surface area contributed by atoms with Crippen molar-refractivity contribution in [2.45, 2.75) is 51.7 Å². The minimum atomic E-state index is -0.262. The molecule has 2 N–H and O–H groups in total. The summed E-state index contributed by atoms with van der Waals surface area (Å²) in [7, 11) is 0. The highest BCUT2D eigenvalue weighted by molar-refractivity contribution is 5.79. The molecule has 1 aliphatic carbocycles. The van der Waals surface area contributed by atoms with Crippen LogP contribution in [-0.4, -0.2) is 29.8 Å². The van der Waals surface area contributed by atoms with Crippen LogP contribution in [0.3, 0.4) is 0 Å². The average molecular weight is 291 g/mol. The first-order chi connectivity index (χ1) is 10.1. The first-order valence-electron chi connectivity index (χ1n) is 7.75. The summed E-state index contributed by atoms with van der Waals surface area (Å²) >= 11 is 0. The lowest BCUT2D eigenvalue weighted by Crippen LogP contribution is -2.33. The largest absolute Gasteiger partial charge is 0.491 e. The van der Waals surface area contributed by atoms with E-state index in [0.717, 1.165) is 30.6 Å². The van der Waals surface area contributed by atoms with Crippen molar-refractivity contribution in [2.24, 2.45) is 5.92 Å².